The van der Waals surface area contributed by atoms with E-state index in [9.17, 15) is 0 Å². The molecule has 0 aliphatic heterocycles. The molecule has 0 heteroatoms. The molecule has 0 aromatic heterocycles. The molecular formula is C42H32. The number of rotatable bonds is 0. The average Bonchev–Trinajstić information content (AvgIpc) is 2.87. The smallest absolute Gasteiger partial charge is 0.00474 e. The fourth-order valence-electron chi connectivity index (χ4n) is 40.5. The van der Waals surface area contributed by atoms with E-state index in [0.29, 0.717) is 0 Å². The number of fused-ring (bicyclic) bond motifs is 14. The summed E-state index contributed by atoms with van der Waals surface area (Å²) in [6.45, 7) is 0. The molecule has 200 valence electrons. The molecule has 0 nitrogen and oxygen atoms in total. The van der Waals surface area contributed by atoms with Gasteiger partial charge >= 0.3 is 0 Å². The highest BCUT2D eigenvalue weighted by atomic mass is 15.5. The van der Waals surface area contributed by atoms with Crippen molar-refractivity contribution in [1.29, 1.82) is 0 Å². The zero-order valence-electron chi connectivity index (χ0n) is 23.7. The van der Waals surface area contributed by atoms with Crippen molar-refractivity contribution in [2.24, 2.45) is 218 Å². The van der Waals surface area contributed by atoms with E-state index in [2.05, 4.69) is 0 Å². The molecule has 14 spiro atoms. The molecule has 0 heterocycles. The summed E-state index contributed by atoms with van der Waals surface area (Å²) in [5.41, 5.74) is 15.3. The highest BCUT2D eigenvalue weighted by Gasteiger charge is 3.51. The molecular weight excluding hydrogens is 504 g/mol. The van der Waals surface area contributed by atoms with Gasteiger partial charge < -0.3 is 0 Å². The van der Waals surface area contributed by atoms with Crippen LogP contribution in [-0.4, -0.2) is 0 Å². The molecule has 0 radical (unpaired) electrons. The lowest BCUT2D eigenvalue weighted by molar-refractivity contribution is -1.03. The standard InChI is InChI=1S/C42H32/c1-5-3-9-15-21-23-24-22-16-10-4-6-2-8-14-12-18-17-11-13-7(1)29(5,9)31(13,15)35(21)27-25-19(11)33(17)34(18)20(12)26-28-36(22,32(14,16)30(6,8)10)38(24)37(23,35)41(27)39(25,33)40(26,34)42(28,38)41/h5-28H,1-4H2. The van der Waals surface area contributed by atoms with Crippen LogP contribution >= 0.6 is 0 Å². The first-order valence-corrected chi connectivity index (χ1v) is 20.9. The summed E-state index contributed by atoms with van der Waals surface area (Å²) in [6, 6.07) is 0. The normalized spacial score (nSPS) is 128. The van der Waals surface area contributed by atoms with Crippen molar-refractivity contribution in [3.63, 3.8) is 0 Å². The first-order valence-electron chi connectivity index (χ1n) is 20.9. The molecule has 27 saturated carbocycles. The summed E-state index contributed by atoms with van der Waals surface area (Å²) < 4.78 is 0. The minimum atomic E-state index is 1.06. The predicted molar refractivity (Wildman–Crippen MR) is 136 cm³/mol. The van der Waals surface area contributed by atoms with Gasteiger partial charge in [-0.2, -0.15) is 0 Å². The Morgan fingerprint density at radius 3 is 1.14 bits per heavy atom. The lowest BCUT2D eigenvalue weighted by Gasteiger charge is -3.47. The summed E-state index contributed by atoms with van der Waals surface area (Å²) in [7, 11) is 0. The van der Waals surface area contributed by atoms with E-state index in [1.165, 1.54) is 142 Å². The minimum Gasteiger partial charge on any atom is -0.0461 e. The van der Waals surface area contributed by atoms with Gasteiger partial charge in [0, 0.05) is 0 Å². The lowest BCUT2D eigenvalue weighted by Crippen LogP contribution is -3.46. The second-order valence-electron chi connectivity index (χ2n) is 26.2. The van der Waals surface area contributed by atoms with Gasteiger partial charge in [0.25, 0.3) is 0 Å². The van der Waals surface area contributed by atoms with Crippen LogP contribution in [0.5, 0.6) is 0 Å². The Kier molecular flexibility index (Phi) is 0.932. The molecule has 38 unspecified atom stereocenters. The summed E-state index contributed by atoms with van der Waals surface area (Å²) in [5, 5.41) is 0. The highest BCUT2D eigenvalue weighted by Crippen LogP contribution is 3.52. The zero-order chi connectivity index (χ0) is 23.7. The molecule has 0 N–H and O–H groups in total. The molecule has 0 saturated heterocycles. The Bertz CT molecular complexity index is 2180. The van der Waals surface area contributed by atoms with Crippen molar-refractivity contribution < 1.29 is 0 Å². The molecule has 27 rings (SSSR count). The maximum Gasteiger partial charge on any atom is -0.00474 e. The quantitative estimate of drug-likeness (QED) is 0.428. The van der Waals surface area contributed by atoms with E-state index >= 15 is 0 Å². The van der Waals surface area contributed by atoms with Crippen LogP contribution in [-0.2, 0) is 0 Å². The monoisotopic (exact) mass is 536 g/mol. The van der Waals surface area contributed by atoms with Crippen molar-refractivity contribution in [3.05, 3.63) is 0 Å². The SMILES string of the molecule is C1C2CC3C4C5C6C7C8C9C%10CC%11CC%12C%13C%14C%15C%16C%17C%18C1C23C%184C51C2C3C%17C%164C%155C%14C%14C%15C8(C%139C%11%12%10)C78C61C21C34C%145C%1581. The van der Waals surface area contributed by atoms with Crippen molar-refractivity contribution in [3.8, 4) is 0 Å². The molecule has 27 aliphatic carbocycles. The van der Waals surface area contributed by atoms with Crippen LogP contribution in [0.1, 0.15) is 25.7 Å². The second-order valence-corrected chi connectivity index (χ2v) is 26.2. The highest BCUT2D eigenvalue weighted by molar-refractivity contribution is 5.95. The predicted octanol–water partition coefficient (Wildman–Crippen LogP) is 4.51. The first kappa shape index (κ1) is 15.3. The number of hydrogen-bond acceptors (Lipinski definition) is 0. The third-order valence-electron chi connectivity index (χ3n) is 33.6. The van der Waals surface area contributed by atoms with Crippen LogP contribution < -0.4 is 0 Å². The summed E-state index contributed by atoms with van der Waals surface area (Å²) in [6.07, 6.45) is 7.15. The third-order valence-corrected chi connectivity index (χ3v) is 33.6. The summed E-state index contributed by atoms with van der Waals surface area (Å²) >= 11 is 0. The zero-order valence-corrected chi connectivity index (χ0v) is 23.7. The van der Waals surface area contributed by atoms with Crippen LogP contribution in [0.25, 0.3) is 0 Å². The van der Waals surface area contributed by atoms with Gasteiger partial charge in [0.05, 0.1) is 0 Å². The van der Waals surface area contributed by atoms with Crippen molar-refractivity contribution in [1.82, 2.24) is 0 Å². The van der Waals surface area contributed by atoms with E-state index in [-0.39, 0.29) is 0 Å². The van der Waals surface area contributed by atoms with E-state index < -0.39 is 0 Å². The molecule has 27 aliphatic rings. The molecule has 38 atom stereocenters. The van der Waals surface area contributed by atoms with Gasteiger partial charge in [-0.3, -0.25) is 0 Å². The van der Waals surface area contributed by atoms with Crippen molar-refractivity contribution in [2.45, 2.75) is 25.7 Å². The third kappa shape index (κ3) is 0.413. The van der Waals surface area contributed by atoms with Crippen LogP contribution in [0.4, 0.5) is 0 Å². The van der Waals surface area contributed by atoms with Gasteiger partial charge in [-0.25, -0.2) is 0 Å². The van der Waals surface area contributed by atoms with Crippen LogP contribution in [0.2, 0.25) is 0 Å². The average molecular weight is 537 g/mol. The van der Waals surface area contributed by atoms with E-state index in [1.807, 2.05) is 0 Å². The topological polar surface area (TPSA) is 0 Å². The Balaban J connectivity index is 0.947. The van der Waals surface area contributed by atoms with Gasteiger partial charge in [-0.05, 0) is 244 Å². The van der Waals surface area contributed by atoms with E-state index in [0.717, 1.165) is 75.8 Å². The van der Waals surface area contributed by atoms with E-state index in [4.69, 9.17) is 0 Å². The lowest BCUT2D eigenvalue weighted by atomic mass is 8.55. The van der Waals surface area contributed by atoms with Gasteiger partial charge in [-0.15, -0.1) is 0 Å². The Morgan fingerprint density at radius 1 is 0.286 bits per heavy atom. The molecule has 0 bridgehead atoms. The second kappa shape index (κ2) is 2.56. The largest absolute Gasteiger partial charge is 0.0461 e. The van der Waals surface area contributed by atoms with Gasteiger partial charge in [-0.1, -0.05) is 0 Å². The minimum absolute atomic E-state index is 1.06. The summed E-state index contributed by atoms with van der Waals surface area (Å²) in [4.78, 5) is 0. The van der Waals surface area contributed by atoms with Gasteiger partial charge in [0.2, 0.25) is 0 Å². The fraction of sp³-hybridized carbons (Fsp3) is 1.00. The fourth-order valence-corrected chi connectivity index (χ4v) is 40.5. The van der Waals surface area contributed by atoms with E-state index in [1.54, 1.807) is 25.7 Å². The first-order chi connectivity index (χ1) is 20.9. The molecule has 0 aromatic rings. The van der Waals surface area contributed by atoms with Gasteiger partial charge in [0.15, 0.2) is 0 Å². The van der Waals surface area contributed by atoms with Gasteiger partial charge in [0.1, 0.15) is 0 Å². The molecule has 0 amide bonds. The Hall–Kier alpha value is 0. The molecule has 42 heavy (non-hydrogen) atoms. The molecule has 27 fully saturated rings. The number of hydrogen-bond donors (Lipinski definition) is 0. The Labute approximate surface area is 243 Å². The van der Waals surface area contributed by atoms with Crippen LogP contribution in [0.15, 0.2) is 0 Å². The molecule has 0 aromatic carbocycles. The Morgan fingerprint density at radius 2 is 0.690 bits per heavy atom. The van der Waals surface area contributed by atoms with Crippen molar-refractivity contribution >= 4 is 0 Å². The van der Waals surface area contributed by atoms with Crippen LogP contribution in [0.3, 0.4) is 0 Å². The van der Waals surface area contributed by atoms with Crippen molar-refractivity contribution in [2.75, 3.05) is 0 Å². The maximum atomic E-state index is 1.79. The summed E-state index contributed by atoms with van der Waals surface area (Å²) in [5.74, 6) is 33.0. The van der Waals surface area contributed by atoms with Crippen LogP contribution in [0, 0.1) is 218 Å². The maximum absolute atomic E-state index is 1.79.